The highest BCUT2D eigenvalue weighted by atomic mass is 35.5. The van der Waals surface area contributed by atoms with Gasteiger partial charge >= 0.3 is 6.09 Å². The largest absolute Gasteiger partial charge is 0.489 e. The van der Waals surface area contributed by atoms with E-state index in [0.29, 0.717) is 29.5 Å². The van der Waals surface area contributed by atoms with Crippen molar-refractivity contribution in [1.82, 2.24) is 15.3 Å². The highest BCUT2D eigenvalue weighted by Gasteiger charge is 2.31. The number of aryl methyl sites for hydroxylation is 1. The van der Waals surface area contributed by atoms with E-state index >= 15 is 0 Å². The molecule has 0 spiro atoms. The van der Waals surface area contributed by atoms with Crippen LogP contribution in [-0.2, 0) is 4.74 Å². The van der Waals surface area contributed by atoms with Gasteiger partial charge in [0.1, 0.15) is 23.1 Å². The molecule has 2 heterocycles. The summed E-state index contributed by atoms with van der Waals surface area (Å²) in [4.78, 5) is 20.5. The number of alkyl carbamates (subject to hydrolysis) is 1. The molecular weight excluding hydrogens is 421 g/mol. The number of aromatic nitrogens is 2. The Bertz CT molecular complexity index is 931. The minimum absolute atomic E-state index is 0.189. The molecule has 0 aliphatic carbocycles. The summed E-state index contributed by atoms with van der Waals surface area (Å²) in [5, 5.41) is 3.13. The minimum Gasteiger partial charge on any atom is -0.489 e. The van der Waals surface area contributed by atoms with Crippen LogP contribution in [0.15, 0.2) is 24.4 Å². The van der Waals surface area contributed by atoms with Crippen LogP contribution in [0.25, 0.3) is 11.3 Å². The minimum atomic E-state index is -0.646. The lowest BCUT2D eigenvalue weighted by molar-refractivity contribution is 0.0407. The second-order valence-corrected chi connectivity index (χ2v) is 9.73. The van der Waals surface area contributed by atoms with E-state index in [1.165, 1.54) is 6.07 Å². The third-order valence-electron chi connectivity index (χ3n) is 4.34. The number of halogens is 2. The second-order valence-electron chi connectivity index (χ2n) is 9.34. The van der Waals surface area contributed by atoms with Gasteiger partial charge in [0.2, 0.25) is 0 Å². The molecule has 0 saturated heterocycles. The van der Waals surface area contributed by atoms with Gasteiger partial charge < -0.3 is 14.8 Å². The van der Waals surface area contributed by atoms with E-state index in [4.69, 9.17) is 21.1 Å². The molecule has 6 nitrogen and oxygen atoms in total. The van der Waals surface area contributed by atoms with Crippen molar-refractivity contribution in [2.75, 3.05) is 6.61 Å². The predicted octanol–water partition coefficient (Wildman–Crippen LogP) is 5.95. The number of pyridine rings is 2. The molecule has 1 atom stereocenters. The Morgan fingerprint density at radius 1 is 1.26 bits per heavy atom. The molecule has 170 valence electrons. The summed E-state index contributed by atoms with van der Waals surface area (Å²) in [6, 6.07) is 4.83. The molecule has 2 aromatic heterocycles. The van der Waals surface area contributed by atoms with Crippen molar-refractivity contribution in [3.63, 3.8) is 0 Å². The van der Waals surface area contributed by atoms with Gasteiger partial charge in [0.05, 0.1) is 23.1 Å². The molecule has 0 bridgehead atoms. The Labute approximate surface area is 188 Å². The van der Waals surface area contributed by atoms with E-state index in [2.05, 4.69) is 29.1 Å². The van der Waals surface area contributed by atoms with Crippen molar-refractivity contribution >= 4 is 17.7 Å². The lowest BCUT2D eigenvalue weighted by atomic mass is 9.91. The number of amides is 1. The summed E-state index contributed by atoms with van der Waals surface area (Å²) >= 11 is 5.89. The van der Waals surface area contributed by atoms with E-state index in [-0.39, 0.29) is 17.3 Å². The molecule has 1 N–H and O–H groups in total. The number of carbonyl (C=O) groups excluding carboxylic acids is 1. The number of rotatable bonds is 7. The molecule has 0 radical (unpaired) electrons. The van der Waals surface area contributed by atoms with Gasteiger partial charge in [-0.05, 0) is 65.2 Å². The fourth-order valence-corrected chi connectivity index (χ4v) is 3.45. The first kappa shape index (κ1) is 24.9. The Balaban J connectivity index is 2.17. The molecule has 0 saturated carbocycles. The number of hydrogen-bond donors (Lipinski definition) is 1. The number of ether oxygens (including phenoxy) is 2. The van der Waals surface area contributed by atoms with Crippen LogP contribution < -0.4 is 10.1 Å². The lowest BCUT2D eigenvalue weighted by Crippen LogP contribution is -2.52. The van der Waals surface area contributed by atoms with Gasteiger partial charge in [0.15, 0.2) is 5.82 Å². The first-order valence-electron chi connectivity index (χ1n) is 10.2. The van der Waals surface area contributed by atoms with Crippen LogP contribution >= 0.6 is 11.6 Å². The van der Waals surface area contributed by atoms with Crippen LogP contribution in [0.3, 0.4) is 0 Å². The summed E-state index contributed by atoms with van der Waals surface area (Å²) in [5.41, 5.74) is 0.0562. The number of nitrogens with one attached hydrogen (secondary N) is 1. The molecule has 2 aromatic rings. The van der Waals surface area contributed by atoms with E-state index in [0.717, 1.165) is 6.20 Å². The molecule has 0 aliphatic rings. The lowest BCUT2D eigenvalue weighted by Gasteiger charge is -2.33. The van der Waals surface area contributed by atoms with Crippen molar-refractivity contribution in [1.29, 1.82) is 0 Å². The Kier molecular flexibility index (Phi) is 7.87. The summed E-state index contributed by atoms with van der Waals surface area (Å²) < 4.78 is 25.5. The Morgan fingerprint density at radius 3 is 2.52 bits per heavy atom. The first-order chi connectivity index (χ1) is 14.3. The van der Waals surface area contributed by atoms with Crippen molar-refractivity contribution in [2.24, 2.45) is 5.92 Å². The Morgan fingerprint density at radius 2 is 1.94 bits per heavy atom. The maximum Gasteiger partial charge on any atom is 0.408 e. The van der Waals surface area contributed by atoms with Crippen molar-refractivity contribution in [3.8, 4) is 17.0 Å². The maximum absolute atomic E-state index is 14.1. The van der Waals surface area contributed by atoms with Crippen molar-refractivity contribution in [3.05, 3.63) is 41.1 Å². The van der Waals surface area contributed by atoms with Crippen LogP contribution in [-0.4, -0.2) is 33.8 Å². The fourth-order valence-electron chi connectivity index (χ4n) is 3.29. The number of nitrogens with zero attached hydrogens (tertiary/aromatic N) is 2. The summed E-state index contributed by atoms with van der Waals surface area (Å²) in [6.45, 7) is 13.5. The summed E-state index contributed by atoms with van der Waals surface area (Å²) in [6.07, 6.45) is 1.27. The topological polar surface area (TPSA) is 73.3 Å². The average Bonchev–Trinajstić information content (AvgIpc) is 2.60. The van der Waals surface area contributed by atoms with Crippen LogP contribution in [0.2, 0.25) is 5.15 Å². The smallest absolute Gasteiger partial charge is 0.408 e. The molecule has 1 unspecified atom stereocenters. The van der Waals surface area contributed by atoms with Crippen molar-refractivity contribution < 1.29 is 18.7 Å². The SMILES string of the molecule is Cc1nc(-c2cc(Cl)ncc2F)ccc1OCC(C)(CC(C)C)NC(=O)OC(C)(C)C. The monoisotopic (exact) mass is 451 g/mol. The van der Waals surface area contributed by atoms with Crippen LogP contribution in [0, 0.1) is 18.7 Å². The highest BCUT2D eigenvalue weighted by molar-refractivity contribution is 6.29. The fraction of sp³-hybridized carbons (Fsp3) is 0.522. The zero-order chi connectivity index (χ0) is 23.4. The zero-order valence-corrected chi connectivity index (χ0v) is 19.9. The van der Waals surface area contributed by atoms with Gasteiger partial charge in [0, 0.05) is 5.56 Å². The Hall–Kier alpha value is -2.41. The molecule has 0 aromatic carbocycles. The normalized spacial score (nSPS) is 13.6. The van der Waals surface area contributed by atoms with Gasteiger partial charge in [0.25, 0.3) is 0 Å². The van der Waals surface area contributed by atoms with Gasteiger partial charge in [-0.3, -0.25) is 0 Å². The standard InChI is InChI=1S/C23H31ClFN3O3/c1-14(2)11-23(7,28-21(29)31-22(4,5)6)13-30-19-9-8-18(27-15(19)3)16-10-20(24)26-12-17(16)25/h8-10,12,14H,11,13H2,1-7H3,(H,28,29). The van der Waals surface area contributed by atoms with Crippen LogP contribution in [0.1, 0.15) is 53.7 Å². The molecule has 1 amide bonds. The molecule has 2 rings (SSSR count). The predicted molar refractivity (Wildman–Crippen MR) is 120 cm³/mol. The average molecular weight is 452 g/mol. The van der Waals surface area contributed by atoms with E-state index in [1.54, 1.807) is 19.1 Å². The quantitative estimate of drug-likeness (QED) is 0.526. The first-order valence-corrected chi connectivity index (χ1v) is 10.6. The van der Waals surface area contributed by atoms with E-state index < -0.39 is 23.1 Å². The molecule has 0 fully saturated rings. The van der Waals surface area contributed by atoms with E-state index in [9.17, 15) is 9.18 Å². The molecular formula is C23H31ClFN3O3. The molecule has 0 aliphatic heterocycles. The van der Waals surface area contributed by atoms with Gasteiger partial charge in [-0.2, -0.15) is 0 Å². The summed E-state index contributed by atoms with van der Waals surface area (Å²) in [7, 11) is 0. The van der Waals surface area contributed by atoms with Gasteiger partial charge in [-0.1, -0.05) is 25.4 Å². The maximum atomic E-state index is 14.1. The van der Waals surface area contributed by atoms with Gasteiger partial charge in [-0.25, -0.2) is 19.2 Å². The highest BCUT2D eigenvalue weighted by Crippen LogP contribution is 2.27. The van der Waals surface area contributed by atoms with Gasteiger partial charge in [-0.15, -0.1) is 0 Å². The number of hydrogen-bond acceptors (Lipinski definition) is 5. The molecule has 31 heavy (non-hydrogen) atoms. The third-order valence-corrected chi connectivity index (χ3v) is 4.55. The van der Waals surface area contributed by atoms with Crippen molar-refractivity contribution in [2.45, 2.75) is 66.0 Å². The van der Waals surface area contributed by atoms with E-state index in [1.807, 2.05) is 27.7 Å². The van der Waals surface area contributed by atoms with Crippen LogP contribution in [0.4, 0.5) is 9.18 Å². The summed E-state index contributed by atoms with van der Waals surface area (Å²) in [5.74, 6) is 0.367. The zero-order valence-electron chi connectivity index (χ0n) is 19.2. The third kappa shape index (κ3) is 7.65. The number of carbonyl (C=O) groups is 1. The van der Waals surface area contributed by atoms with Crippen LogP contribution in [0.5, 0.6) is 5.75 Å². The second kappa shape index (κ2) is 9.81. The molecule has 8 heteroatoms.